The van der Waals surface area contributed by atoms with Crippen LogP contribution in [-0.4, -0.2) is 24.2 Å². The van der Waals surface area contributed by atoms with Crippen molar-refractivity contribution in [1.29, 1.82) is 0 Å². The highest BCUT2D eigenvalue weighted by Crippen LogP contribution is 2.31. The molecule has 3 nitrogen and oxygen atoms in total. The van der Waals surface area contributed by atoms with Crippen LogP contribution in [0.25, 0.3) is 10.9 Å². The first-order chi connectivity index (χ1) is 9.31. The second-order valence-electron chi connectivity index (χ2n) is 5.22. The van der Waals surface area contributed by atoms with E-state index in [4.69, 9.17) is 4.74 Å². The third-order valence-corrected chi connectivity index (χ3v) is 3.96. The Morgan fingerprint density at radius 1 is 1.37 bits per heavy atom. The Morgan fingerprint density at radius 3 is 3.05 bits per heavy atom. The van der Waals surface area contributed by atoms with Crippen LogP contribution in [0, 0.1) is 0 Å². The van der Waals surface area contributed by atoms with E-state index < -0.39 is 0 Å². The highest BCUT2D eigenvalue weighted by atomic mass is 16.5. The molecule has 0 saturated carbocycles. The van der Waals surface area contributed by atoms with Gasteiger partial charge in [0.2, 0.25) is 0 Å². The molecule has 1 unspecified atom stereocenters. The number of likely N-dealkylation sites (N-methyl/N-ethyl adjacent to an activating group) is 1. The van der Waals surface area contributed by atoms with Crippen LogP contribution in [0.2, 0.25) is 0 Å². The number of nitrogens with one attached hydrogen (secondary N) is 2. The summed E-state index contributed by atoms with van der Waals surface area (Å²) in [5.41, 5.74) is 4.14. The maximum atomic E-state index is 5.62. The fourth-order valence-electron chi connectivity index (χ4n) is 3.12. The molecule has 0 amide bonds. The number of hydrogen-bond acceptors (Lipinski definition) is 2. The van der Waals surface area contributed by atoms with E-state index in [0.717, 1.165) is 31.7 Å². The van der Waals surface area contributed by atoms with E-state index in [0.29, 0.717) is 6.04 Å². The van der Waals surface area contributed by atoms with Gasteiger partial charge in [-0.15, -0.1) is 0 Å². The molecule has 0 saturated heterocycles. The van der Waals surface area contributed by atoms with Gasteiger partial charge in [0.15, 0.2) is 0 Å². The van der Waals surface area contributed by atoms with Gasteiger partial charge >= 0.3 is 0 Å². The number of aryl methyl sites for hydroxylation is 1. The predicted molar refractivity (Wildman–Crippen MR) is 79.0 cm³/mol. The number of aromatic amines is 1. The summed E-state index contributed by atoms with van der Waals surface area (Å²) in [5, 5.41) is 4.91. The van der Waals surface area contributed by atoms with E-state index in [1.807, 2.05) is 6.92 Å². The Bertz CT molecular complexity index is 573. The third kappa shape index (κ3) is 2.35. The molecule has 2 N–H and O–H groups in total. The molecule has 1 aromatic heterocycles. The van der Waals surface area contributed by atoms with Crippen LogP contribution < -0.4 is 10.1 Å². The molecular weight excluding hydrogens is 236 g/mol. The molecule has 0 fully saturated rings. The lowest BCUT2D eigenvalue weighted by atomic mass is 9.91. The zero-order chi connectivity index (χ0) is 13.2. The number of aromatic nitrogens is 1. The van der Waals surface area contributed by atoms with Crippen LogP contribution >= 0.6 is 0 Å². The van der Waals surface area contributed by atoms with Gasteiger partial charge in [0.25, 0.3) is 0 Å². The van der Waals surface area contributed by atoms with E-state index in [1.165, 1.54) is 28.6 Å². The van der Waals surface area contributed by atoms with E-state index >= 15 is 0 Å². The van der Waals surface area contributed by atoms with Gasteiger partial charge in [-0.2, -0.15) is 0 Å². The van der Waals surface area contributed by atoms with Crippen molar-refractivity contribution in [3.63, 3.8) is 0 Å². The van der Waals surface area contributed by atoms with E-state index in [-0.39, 0.29) is 0 Å². The van der Waals surface area contributed by atoms with Crippen LogP contribution in [0.4, 0.5) is 0 Å². The molecule has 1 aliphatic rings. The number of hydrogen-bond donors (Lipinski definition) is 2. The number of H-pyrrole nitrogens is 1. The van der Waals surface area contributed by atoms with Crippen LogP contribution in [-0.2, 0) is 12.8 Å². The minimum Gasteiger partial charge on any atom is -0.494 e. The fourth-order valence-corrected chi connectivity index (χ4v) is 3.12. The number of benzene rings is 1. The lowest BCUT2D eigenvalue weighted by Gasteiger charge is -2.23. The fraction of sp³-hybridized carbons (Fsp3) is 0.500. The molecule has 2 aromatic rings. The van der Waals surface area contributed by atoms with E-state index in [2.05, 4.69) is 35.4 Å². The zero-order valence-corrected chi connectivity index (χ0v) is 11.8. The van der Waals surface area contributed by atoms with Gasteiger partial charge in [0.1, 0.15) is 5.75 Å². The highest BCUT2D eigenvalue weighted by molar-refractivity contribution is 5.86. The number of fused-ring (bicyclic) bond motifs is 3. The first-order valence-electron chi connectivity index (χ1n) is 7.31. The Labute approximate surface area is 114 Å². The molecule has 0 radical (unpaired) electrons. The summed E-state index contributed by atoms with van der Waals surface area (Å²) in [7, 11) is 0. The lowest BCUT2D eigenvalue weighted by molar-refractivity contribution is 0.340. The maximum Gasteiger partial charge on any atom is 0.120 e. The Kier molecular flexibility index (Phi) is 3.47. The van der Waals surface area contributed by atoms with Gasteiger partial charge in [-0.3, -0.25) is 0 Å². The Hall–Kier alpha value is -1.48. The van der Waals surface area contributed by atoms with Crippen molar-refractivity contribution in [1.82, 2.24) is 10.3 Å². The minimum absolute atomic E-state index is 0.618. The van der Waals surface area contributed by atoms with Crippen molar-refractivity contribution in [2.45, 2.75) is 39.2 Å². The molecule has 1 aromatic carbocycles. The van der Waals surface area contributed by atoms with Crippen molar-refractivity contribution in [2.24, 2.45) is 0 Å². The summed E-state index contributed by atoms with van der Waals surface area (Å²) in [5.74, 6) is 0.974. The maximum absolute atomic E-state index is 5.62. The molecule has 1 atom stereocenters. The monoisotopic (exact) mass is 258 g/mol. The topological polar surface area (TPSA) is 37.0 Å². The molecular formula is C16H22N2O. The van der Waals surface area contributed by atoms with Gasteiger partial charge in [-0.1, -0.05) is 6.92 Å². The largest absolute Gasteiger partial charge is 0.494 e. The smallest absolute Gasteiger partial charge is 0.120 e. The van der Waals surface area contributed by atoms with E-state index in [9.17, 15) is 0 Å². The van der Waals surface area contributed by atoms with Gasteiger partial charge in [-0.05, 0) is 56.5 Å². The summed E-state index contributed by atoms with van der Waals surface area (Å²) in [4.78, 5) is 3.56. The molecule has 19 heavy (non-hydrogen) atoms. The van der Waals surface area contributed by atoms with Crippen molar-refractivity contribution >= 4 is 10.9 Å². The molecule has 3 heteroatoms. The lowest BCUT2D eigenvalue weighted by Crippen LogP contribution is -2.34. The summed E-state index contributed by atoms with van der Waals surface area (Å²) in [6.45, 7) is 5.97. The summed E-state index contributed by atoms with van der Waals surface area (Å²) < 4.78 is 5.62. The van der Waals surface area contributed by atoms with Crippen molar-refractivity contribution in [3.8, 4) is 5.75 Å². The molecule has 102 valence electrons. The predicted octanol–water partition coefficient (Wildman–Crippen LogP) is 3.03. The van der Waals surface area contributed by atoms with E-state index in [1.54, 1.807) is 0 Å². The van der Waals surface area contributed by atoms with Crippen LogP contribution in [0.5, 0.6) is 5.75 Å². The summed E-state index contributed by atoms with van der Waals surface area (Å²) in [6, 6.07) is 6.99. The minimum atomic E-state index is 0.618. The van der Waals surface area contributed by atoms with Crippen LogP contribution in [0.1, 0.15) is 31.5 Å². The van der Waals surface area contributed by atoms with Gasteiger partial charge in [0.05, 0.1) is 6.61 Å². The first-order valence-corrected chi connectivity index (χ1v) is 7.31. The van der Waals surface area contributed by atoms with Crippen molar-refractivity contribution in [2.75, 3.05) is 13.2 Å². The quantitative estimate of drug-likeness (QED) is 0.884. The molecule has 3 rings (SSSR count). The number of ether oxygens (including phenoxy) is 1. The molecule has 0 aliphatic heterocycles. The van der Waals surface area contributed by atoms with Crippen molar-refractivity contribution in [3.05, 3.63) is 29.5 Å². The van der Waals surface area contributed by atoms with Crippen molar-refractivity contribution < 1.29 is 4.74 Å². The van der Waals surface area contributed by atoms with Crippen LogP contribution in [0.3, 0.4) is 0 Å². The average molecular weight is 258 g/mol. The number of rotatable bonds is 4. The molecule has 1 heterocycles. The Balaban J connectivity index is 1.98. The SMILES string of the molecule is CCNC1CCc2[nH]c3ccc(OCC)cc3c2C1. The zero-order valence-electron chi connectivity index (χ0n) is 11.8. The standard InChI is InChI=1S/C16H22N2O/c1-3-17-11-5-7-15-13(9-11)14-10-12(19-4-2)6-8-16(14)18-15/h6,8,10-11,17-18H,3-5,7,9H2,1-2H3. The molecule has 1 aliphatic carbocycles. The van der Waals surface area contributed by atoms with Gasteiger partial charge < -0.3 is 15.0 Å². The Morgan fingerprint density at radius 2 is 2.26 bits per heavy atom. The molecule has 0 spiro atoms. The van der Waals surface area contributed by atoms with Gasteiger partial charge in [-0.25, -0.2) is 0 Å². The van der Waals surface area contributed by atoms with Crippen LogP contribution in [0.15, 0.2) is 18.2 Å². The average Bonchev–Trinajstić information content (AvgIpc) is 2.77. The second kappa shape index (κ2) is 5.25. The summed E-state index contributed by atoms with van der Waals surface area (Å²) in [6.07, 6.45) is 3.50. The second-order valence-corrected chi connectivity index (χ2v) is 5.22. The highest BCUT2D eigenvalue weighted by Gasteiger charge is 2.21. The first kappa shape index (κ1) is 12.5. The van der Waals surface area contributed by atoms with Gasteiger partial charge in [0, 0.05) is 22.6 Å². The molecule has 0 bridgehead atoms. The normalized spacial score (nSPS) is 18.5. The summed E-state index contributed by atoms with van der Waals surface area (Å²) >= 11 is 0. The third-order valence-electron chi connectivity index (χ3n) is 3.96.